The van der Waals surface area contributed by atoms with Gasteiger partial charge in [-0.15, -0.1) is 13.2 Å². The number of carbonyl (C=O) groups is 1. The minimum atomic E-state index is -4.66. The van der Waals surface area contributed by atoms with Crippen molar-refractivity contribution in [1.82, 2.24) is 5.32 Å². The summed E-state index contributed by atoms with van der Waals surface area (Å²) < 4.78 is 37.5. The van der Waals surface area contributed by atoms with Crippen molar-refractivity contribution in [3.05, 3.63) is 0 Å². The number of aliphatic carboxylic acids is 1. The highest BCUT2D eigenvalue weighted by atomic mass is 19.4. The molecule has 0 heterocycles. The summed E-state index contributed by atoms with van der Waals surface area (Å²) in [4.78, 5) is 10.2. The van der Waals surface area contributed by atoms with Gasteiger partial charge < -0.3 is 10.4 Å². The van der Waals surface area contributed by atoms with E-state index in [2.05, 4.69) is 10.1 Å². The number of halogens is 3. The van der Waals surface area contributed by atoms with Gasteiger partial charge in [0.25, 0.3) is 0 Å². The first kappa shape index (κ1) is 12.2. The lowest BCUT2D eigenvalue weighted by molar-refractivity contribution is -0.323. The molecule has 0 aliphatic heterocycles. The van der Waals surface area contributed by atoms with E-state index in [1.807, 2.05) is 0 Å². The molecule has 7 heteroatoms. The average Bonchev–Trinajstić information content (AvgIpc) is 1.95. The van der Waals surface area contributed by atoms with Crippen molar-refractivity contribution in [2.24, 2.45) is 0 Å². The highest BCUT2D eigenvalue weighted by Crippen LogP contribution is 2.15. The predicted octanol–water partition coefficient (Wildman–Crippen LogP) is 0.586. The third kappa shape index (κ3) is 7.54. The van der Waals surface area contributed by atoms with Crippen LogP contribution in [0.3, 0.4) is 0 Å². The number of carboxylic acid groups (broad SMARTS) is 1. The Balaban J connectivity index is 3.41. The zero-order valence-electron chi connectivity index (χ0n) is 6.89. The molecule has 0 aliphatic rings. The Hall–Kier alpha value is -0.820. The first-order valence-electron chi connectivity index (χ1n) is 3.50. The zero-order valence-corrected chi connectivity index (χ0v) is 6.89. The van der Waals surface area contributed by atoms with Gasteiger partial charge in [0.1, 0.15) is 6.04 Å². The van der Waals surface area contributed by atoms with Crippen LogP contribution in [0.5, 0.6) is 0 Å². The lowest BCUT2D eigenvalue weighted by Crippen LogP contribution is -2.36. The lowest BCUT2D eigenvalue weighted by Gasteiger charge is -2.10. The molecule has 78 valence electrons. The van der Waals surface area contributed by atoms with Gasteiger partial charge in [-0.05, 0) is 6.92 Å². The molecule has 4 nitrogen and oxygen atoms in total. The summed E-state index contributed by atoms with van der Waals surface area (Å²) in [5, 5.41) is 10.6. The maximum absolute atomic E-state index is 11.4. The van der Waals surface area contributed by atoms with Crippen LogP contribution in [0.4, 0.5) is 13.2 Å². The van der Waals surface area contributed by atoms with E-state index >= 15 is 0 Å². The first-order chi connectivity index (χ1) is 5.83. The Labute approximate surface area is 72.7 Å². The number of hydrogen-bond donors (Lipinski definition) is 2. The molecule has 0 amide bonds. The number of alkyl halides is 3. The molecule has 0 spiro atoms. The summed E-state index contributed by atoms with van der Waals surface area (Å²) in [7, 11) is 0. The third-order valence-corrected chi connectivity index (χ3v) is 1.19. The highest BCUT2D eigenvalue weighted by Gasteiger charge is 2.28. The number of hydrogen-bond acceptors (Lipinski definition) is 3. The molecule has 0 radical (unpaired) electrons. The Bertz CT molecular complexity index is 171. The molecule has 2 N–H and O–H groups in total. The quantitative estimate of drug-likeness (QED) is 0.639. The fourth-order valence-electron chi connectivity index (χ4n) is 0.530. The fraction of sp³-hybridized carbons (Fsp3) is 0.833. The third-order valence-electron chi connectivity index (χ3n) is 1.19. The van der Waals surface area contributed by atoms with Gasteiger partial charge in [0, 0.05) is 6.54 Å². The van der Waals surface area contributed by atoms with E-state index in [0.717, 1.165) is 0 Å². The van der Waals surface area contributed by atoms with Gasteiger partial charge in [0.15, 0.2) is 0 Å². The SMILES string of the molecule is C[C@@H](NCCOC(F)(F)F)C(=O)O. The molecule has 0 rings (SSSR count). The van der Waals surface area contributed by atoms with E-state index in [1.165, 1.54) is 6.92 Å². The molecular formula is C6H10F3NO3. The standard InChI is InChI=1S/C6H10F3NO3/c1-4(5(11)12)10-2-3-13-6(7,8)9/h4,10H,2-3H2,1H3,(H,11,12)/t4-/m1/s1. The summed E-state index contributed by atoms with van der Waals surface area (Å²) in [6.45, 7) is 0.573. The van der Waals surface area contributed by atoms with E-state index in [-0.39, 0.29) is 6.54 Å². The Morgan fingerprint density at radius 2 is 2.15 bits per heavy atom. The van der Waals surface area contributed by atoms with E-state index in [1.54, 1.807) is 0 Å². The van der Waals surface area contributed by atoms with Crippen LogP contribution >= 0.6 is 0 Å². The molecule has 0 aliphatic carbocycles. The summed E-state index contributed by atoms with van der Waals surface area (Å²) >= 11 is 0. The normalized spacial score (nSPS) is 14.2. The second-order valence-electron chi connectivity index (χ2n) is 2.31. The molecule has 0 fully saturated rings. The van der Waals surface area contributed by atoms with Crippen LogP contribution in [0.2, 0.25) is 0 Å². The molecular weight excluding hydrogens is 191 g/mol. The fourth-order valence-corrected chi connectivity index (χ4v) is 0.530. The van der Waals surface area contributed by atoms with Gasteiger partial charge in [-0.2, -0.15) is 0 Å². The maximum Gasteiger partial charge on any atom is 0.522 e. The summed E-state index contributed by atoms with van der Waals surface area (Å²) in [5.74, 6) is -1.12. The van der Waals surface area contributed by atoms with Crippen LogP contribution in [0.15, 0.2) is 0 Å². The second-order valence-corrected chi connectivity index (χ2v) is 2.31. The number of ether oxygens (including phenoxy) is 1. The molecule has 0 saturated heterocycles. The monoisotopic (exact) mass is 201 g/mol. The van der Waals surface area contributed by atoms with E-state index < -0.39 is 25.0 Å². The Morgan fingerprint density at radius 1 is 1.62 bits per heavy atom. The molecule has 0 aromatic rings. The van der Waals surface area contributed by atoms with Crippen LogP contribution in [-0.4, -0.2) is 36.6 Å². The van der Waals surface area contributed by atoms with Gasteiger partial charge in [-0.25, -0.2) is 0 Å². The zero-order chi connectivity index (χ0) is 10.5. The number of rotatable bonds is 5. The maximum atomic E-state index is 11.4. The van der Waals surface area contributed by atoms with Crippen molar-refractivity contribution < 1.29 is 27.8 Å². The Morgan fingerprint density at radius 3 is 2.54 bits per heavy atom. The number of nitrogens with one attached hydrogen (secondary N) is 1. The molecule has 1 atom stereocenters. The van der Waals surface area contributed by atoms with Crippen molar-refractivity contribution in [3.63, 3.8) is 0 Å². The molecule has 0 aromatic carbocycles. The summed E-state index contributed by atoms with van der Waals surface area (Å²) in [6.07, 6.45) is -4.66. The smallest absolute Gasteiger partial charge is 0.480 e. The van der Waals surface area contributed by atoms with Crippen molar-refractivity contribution in [1.29, 1.82) is 0 Å². The van der Waals surface area contributed by atoms with Gasteiger partial charge in [0.2, 0.25) is 0 Å². The topological polar surface area (TPSA) is 58.6 Å². The summed E-state index contributed by atoms with van der Waals surface area (Å²) in [6, 6.07) is -0.878. The van der Waals surface area contributed by atoms with Crippen molar-refractivity contribution in [3.8, 4) is 0 Å². The molecule has 0 unspecified atom stereocenters. The second kappa shape index (κ2) is 5.03. The van der Waals surface area contributed by atoms with Crippen LogP contribution in [0.1, 0.15) is 6.92 Å². The predicted molar refractivity (Wildman–Crippen MR) is 37.1 cm³/mol. The molecule has 13 heavy (non-hydrogen) atoms. The minimum absolute atomic E-state index is 0.160. The van der Waals surface area contributed by atoms with Crippen LogP contribution < -0.4 is 5.32 Å². The van der Waals surface area contributed by atoms with Crippen molar-refractivity contribution in [2.45, 2.75) is 19.3 Å². The van der Waals surface area contributed by atoms with E-state index in [9.17, 15) is 18.0 Å². The molecule has 0 bridgehead atoms. The van der Waals surface area contributed by atoms with E-state index in [4.69, 9.17) is 5.11 Å². The lowest BCUT2D eigenvalue weighted by atomic mass is 10.3. The highest BCUT2D eigenvalue weighted by molar-refractivity contribution is 5.72. The van der Waals surface area contributed by atoms with Crippen molar-refractivity contribution >= 4 is 5.97 Å². The van der Waals surface area contributed by atoms with Crippen molar-refractivity contribution in [2.75, 3.05) is 13.2 Å². The first-order valence-corrected chi connectivity index (χ1v) is 3.50. The molecule has 0 saturated carbocycles. The van der Waals surface area contributed by atoms with E-state index in [0.29, 0.717) is 0 Å². The van der Waals surface area contributed by atoms with Gasteiger partial charge in [-0.1, -0.05) is 0 Å². The molecule has 0 aromatic heterocycles. The van der Waals surface area contributed by atoms with Crippen LogP contribution in [0.25, 0.3) is 0 Å². The minimum Gasteiger partial charge on any atom is -0.480 e. The Kier molecular flexibility index (Phi) is 4.71. The van der Waals surface area contributed by atoms with Gasteiger partial charge in [-0.3, -0.25) is 9.53 Å². The van der Waals surface area contributed by atoms with Crippen LogP contribution in [0, 0.1) is 0 Å². The van der Waals surface area contributed by atoms with Gasteiger partial charge >= 0.3 is 12.3 Å². The van der Waals surface area contributed by atoms with Crippen LogP contribution in [-0.2, 0) is 9.53 Å². The largest absolute Gasteiger partial charge is 0.522 e. The van der Waals surface area contributed by atoms with Gasteiger partial charge in [0.05, 0.1) is 6.61 Å². The summed E-state index contributed by atoms with van der Waals surface area (Å²) in [5.41, 5.74) is 0. The number of carboxylic acids is 1. The average molecular weight is 201 g/mol.